The number of carbonyl (C=O) groups is 1. The average molecular weight is 274 g/mol. The fourth-order valence-corrected chi connectivity index (χ4v) is 3.18. The van der Waals surface area contributed by atoms with Crippen LogP contribution < -0.4 is 10.2 Å². The SMILES string of the molecule is C[C@@H]1Cc2ccccc2N1C(=O)CNC[C@H]1CCCO1. The summed E-state index contributed by atoms with van der Waals surface area (Å²) in [6.45, 7) is 4.13. The number of amides is 1. The Hall–Kier alpha value is -1.39. The molecule has 1 aromatic rings. The van der Waals surface area contributed by atoms with Gasteiger partial charge in [-0.05, 0) is 37.8 Å². The first-order valence-corrected chi connectivity index (χ1v) is 7.48. The molecule has 1 amide bonds. The van der Waals surface area contributed by atoms with Crippen LogP contribution >= 0.6 is 0 Å². The fraction of sp³-hybridized carbons (Fsp3) is 0.562. The number of hydrogen-bond acceptors (Lipinski definition) is 3. The highest BCUT2D eigenvalue weighted by atomic mass is 16.5. The third kappa shape index (κ3) is 2.72. The molecule has 1 saturated heterocycles. The van der Waals surface area contributed by atoms with E-state index in [-0.39, 0.29) is 18.1 Å². The van der Waals surface area contributed by atoms with E-state index < -0.39 is 0 Å². The number of ether oxygens (including phenoxy) is 1. The van der Waals surface area contributed by atoms with E-state index in [1.807, 2.05) is 23.1 Å². The number of anilines is 1. The molecule has 0 unspecified atom stereocenters. The zero-order chi connectivity index (χ0) is 13.9. The Balaban J connectivity index is 1.56. The third-order valence-electron chi connectivity index (χ3n) is 4.15. The van der Waals surface area contributed by atoms with Gasteiger partial charge < -0.3 is 15.0 Å². The molecule has 3 rings (SSSR count). The second kappa shape index (κ2) is 5.94. The summed E-state index contributed by atoms with van der Waals surface area (Å²) in [7, 11) is 0. The van der Waals surface area contributed by atoms with Gasteiger partial charge in [-0.25, -0.2) is 0 Å². The molecule has 0 spiro atoms. The average Bonchev–Trinajstić information content (AvgIpc) is 3.04. The van der Waals surface area contributed by atoms with Crippen LogP contribution in [0.3, 0.4) is 0 Å². The van der Waals surface area contributed by atoms with Gasteiger partial charge in [-0.2, -0.15) is 0 Å². The van der Waals surface area contributed by atoms with Crippen molar-refractivity contribution in [1.29, 1.82) is 0 Å². The van der Waals surface area contributed by atoms with Crippen LogP contribution in [0.4, 0.5) is 5.69 Å². The van der Waals surface area contributed by atoms with Crippen LogP contribution in [0.25, 0.3) is 0 Å². The molecule has 0 aromatic heterocycles. The van der Waals surface area contributed by atoms with Crippen LogP contribution in [0.2, 0.25) is 0 Å². The van der Waals surface area contributed by atoms with Gasteiger partial charge >= 0.3 is 0 Å². The minimum absolute atomic E-state index is 0.153. The van der Waals surface area contributed by atoms with Crippen molar-refractivity contribution in [1.82, 2.24) is 5.32 Å². The van der Waals surface area contributed by atoms with Crippen molar-refractivity contribution >= 4 is 11.6 Å². The Bertz CT molecular complexity index is 483. The van der Waals surface area contributed by atoms with Crippen molar-refractivity contribution < 1.29 is 9.53 Å². The highest BCUT2D eigenvalue weighted by molar-refractivity contribution is 5.97. The van der Waals surface area contributed by atoms with Gasteiger partial charge in [-0.1, -0.05) is 18.2 Å². The van der Waals surface area contributed by atoms with Crippen molar-refractivity contribution in [2.45, 2.75) is 38.3 Å². The highest BCUT2D eigenvalue weighted by Crippen LogP contribution is 2.31. The van der Waals surface area contributed by atoms with E-state index in [4.69, 9.17) is 4.74 Å². The molecule has 1 aromatic carbocycles. The van der Waals surface area contributed by atoms with Crippen LogP contribution in [0.1, 0.15) is 25.3 Å². The Kier molecular flexibility index (Phi) is 4.03. The predicted octanol–water partition coefficient (Wildman–Crippen LogP) is 1.73. The molecule has 2 atom stereocenters. The quantitative estimate of drug-likeness (QED) is 0.909. The van der Waals surface area contributed by atoms with Gasteiger partial charge in [0.15, 0.2) is 0 Å². The summed E-state index contributed by atoms with van der Waals surface area (Å²) in [4.78, 5) is 14.3. The normalized spacial score (nSPS) is 24.9. The molecular formula is C16H22N2O2. The molecule has 20 heavy (non-hydrogen) atoms. The number of para-hydroxylation sites is 1. The monoisotopic (exact) mass is 274 g/mol. The summed E-state index contributed by atoms with van der Waals surface area (Å²) in [6, 6.07) is 8.44. The number of rotatable bonds is 4. The second-order valence-electron chi connectivity index (χ2n) is 5.71. The minimum atomic E-state index is 0.153. The number of hydrogen-bond donors (Lipinski definition) is 1. The van der Waals surface area contributed by atoms with Crippen molar-refractivity contribution in [2.24, 2.45) is 0 Å². The molecule has 0 aliphatic carbocycles. The van der Waals surface area contributed by atoms with Crippen LogP contribution in [-0.4, -0.2) is 37.7 Å². The van der Waals surface area contributed by atoms with E-state index >= 15 is 0 Å². The van der Waals surface area contributed by atoms with Gasteiger partial charge in [-0.15, -0.1) is 0 Å². The molecule has 0 saturated carbocycles. The molecule has 4 heteroatoms. The summed E-state index contributed by atoms with van der Waals surface area (Å²) >= 11 is 0. The fourth-order valence-electron chi connectivity index (χ4n) is 3.18. The van der Waals surface area contributed by atoms with Gasteiger partial charge in [0.25, 0.3) is 0 Å². The van der Waals surface area contributed by atoms with Crippen LogP contribution in [0.15, 0.2) is 24.3 Å². The molecule has 2 heterocycles. The van der Waals surface area contributed by atoms with E-state index in [1.54, 1.807) is 0 Å². The van der Waals surface area contributed by atoms with Crippen LogP contribution in [0.5, 0.6) is 0 Å². The molecule has 4 nitrogen and oxygen atoms in total. The minimum Gasteiger partial charge on any atom is -0.377 e. The Morgan fingerprint density at radius 1 is 1.45 bits per heavy atom. The number of nitrogens with one attached hydrogen (secondary N) is 1. The molecule has 1 N–H and O–H groups in total. The van der Waals surface area contributed by atoms with Crippen LogP contribution in [0, 0.1) is 0 Å². The summed E-state index contributed by atoms with van der Waals surface area (Å²) in [5.74, 6) is 0.153. The van der Waals surface area contributed by atoms with Gasteiger partial charge in [0, 0.05) is 24.9 Å². The van der Waals surface area contributed by atoms with Crippen molar-refractivity contribution in [2.75, 3.05) is 24.6 Å². The maximum absolute atomic E-state index is 12.4. The number of carbonyl (C=O) groups excluding carboxylic acids is 1. The predicted molar refractivity (Wildman–Crippen MR) is 78.9 cm³/mol. The van der Waals surface area contributed by atoms with Gasteiger partial charge in [-0.3, -0.25) is 4.79 Å². The zero-order valence-corrected chi connectivity index (χ0v) is 12.0. The van der Waals surface area contributed by atoms with E-state index in [0.29, 0.717) is 6.54 Å². The molecule has 1 fully saturated rings. The zero-order valence-electron chi connectivity index (χ0n) is 12.0. The molecule has 2 aliphatic rings. The van der Waals surface area contributed by atoms with Crippen molar-refractivity contribution in [3.8, 4) is 0 Å². The summed E-state index contributed by atoms with van der Waals surface area (Å²) < 4.78 is 5.55. The Morgan fingerprint density at radius 3 is 3.10 bits per heavy atom. The first-order valence-electron chi connectivity index (χ1n) is 7.48. The first kappa shape index (κ1) is 13.6. The van der Waals surface area contributed by atoms with E-state index in [1.165, 1.54) is 5.56 Å². The smallest absolute Gasteiger partial charge is 0.241 e. The number of nitrogens with zero attached hydrogens (tertiary/aromatic N) is 1. The molecule has 2 aliphatic heterocycles. The van der Waals surface area contributed by atoms with Gasteiger partial charge in [0.05, 0.1) is 12.6 Å². The standard InChI is InChI=1S/C16H22N2O2/c1-12-9-13-5-2-3-7-15(13)18(12)16(19)11-17-10-14-6-4-8-20-14/h2-3,5,7,12,14,17H,4,6,8-11H2,1H3/t12-,14-/m1/s1. The lowest BCUT2D eigenvalue weighted by Crippen LogP contribution is -2.43. The topological polar surface area (TPSA) is 41.6 Å². The Morgan fingerprint density at radius 2 is 2.30 bits per heavy atom. The summed E-state index contributed by atoms with van der Waals surface area (Å²) in [6.07, 6.45) is 3.47. The van der Waals surface area contributed by atoms with Crippen LogP contribution in [-0.2, 0) is 16.0 Å². The summed E-state index contributed by atoms with van der Waals surface area (Å²) in [5.41, 5.74) is 2.34. The lowest BCUT2D eigenvalue weighted by Gasteiger charge is -2.23. The molecule has 0 bridgehead atoms. The summed E-state index contributed by atoms with van der Waals surface area (Å²) in [5, 5.41) is 3.24. The lowest BCUT2D eigenvalue weighted by atomic mass is 10.1. The number of fused-ring (bicyclic) bond motifs is 1. The van der Waals surface area contributed by atoms with E-state index in [0.717, 1.165) is 38.1 Å². The maximum atomic E-state index is 12.4. The maximum Gasteiger partial charge on any atom is 0.241 e. The molecule has 108 valence electrons. The van der Waals surface area contributed by atoms with E-state index in [9.17, 15) is 4.79 Å². The van der Waals surface area contributed by atoms with Gasteiger partial charge in [0.2, 0.25) is 5.91 Å². The van der Waals surface area contributed by atoms with Crippen molar-refractivity contribution in [3.05, 3.63) is 29.8 Å². The molecule has 0 radical (unpaired) electrons. The highest BCUT2D eigenvalue weighted by Gasteiger charge is 2.30. The lowest BCUT2D eigenvalue weighted by molar-refractivity contribution is -0.118. The van der Waals surface area contributed by atoms with E-state index in [2.05, 4.69) is 18.3 Å². The van der Waals surface area contributed by atoms with Gasteiger partial charge in [0.1, 0.15) is 0 Å². The third-order valence-corrected chi connectivity index (χ3v) is 4.15. The largest absolute Gasteiger partial charge is 0.377 e. The van der Waals surface area contributed by atoms with Crippen molar-refractivity contribution in [3.63, 3.8) is 0 Å². The molecular weight excluding hydrogens is 252 g/mol. The Labute approximate surface area is 120 Å². The second-order valence-corrected chi connectivity index (χ2v) is 5.71. The number of benzene rings is 1. The first-order chi connectivity index (χ1) is 9.75.